The fourth-order valence-electron chi connectivity index (χ4n) is 4.89. The lowest BCUT2D eigenvalue weighted by Gasteiger charge is -2.34. The molecule has 0 aromatic carbocycles. The number of carbonyl (C=O) groups is 2. The van der Waals surface area contributed by atoms with Gasteiger partial charge in [-0.2, -0.15) is 0 Å². The first-order chi connectivity index (χ1) is 12.2. The number of hydrogen-bond donors (Lipinski definition) is 0. The molecule has 0 bridgehead atoms. The van der Waals surface area contributed by atoms with Crippen LogP contribution in [0.25, 0.3) is 0 Å². The van der Waals surface area contributed by atoms with Crippen LogP contribution >= 0.6 is 0 Å². The molecule has 4 nitrogen and oxygen atoms in total. The zero-order valence-electron chi connectivity index (χ0n) is 15.9. The second-order valence-corrected chi connectivity index (χ2v) is 8.44. The molecule has 1 saturated carbocycles. The average molecular weight is 349 g/mol. The van der Waals surface area contributed by atoms with Crippen molar-refractivity contribution in [1.29, 1.82) is 0 Å². The summed E-state index contributed by atoms with van der Waals surface area (Å²) in [6.45, 7) is 3.46. The monoisotopic (exact) mass is 348 g/mol. The van der Waals surface area contributed by atoms with Gasteiger partial charge in [0.25, 0.3) is 0 Å². The number of piperidine rings is 1. The van der Waals surface area contributed by atoms with Crippen molar-refractivity contribution in [2.45, 2.75) is 83.5 Å². The first kappa shape index (κ1) is 18.7. The van der Waals surface area contributed by atoms with Crippen molar-refractivity contribution >= 4 is 11.8 Å². The molecule has 3 aliphatic rings. The van der Waals surface area contributed by atoms with E-state index in [4.69, 9.17) is 0 Å². The SMILES string of the molecule is O=C(CCC1CCCCC1)N1CCC(C(=O)N2CCCCCC2)CC1. The maximum absolute atomic E-state index is 12.7. The molecule has 2 heterocycles. The Labute approximate surface area is 153 Å². The largest absolute Gasteiger partial charge is 0.343 e. The standard InChI is InChI=1S/C21H36N2O2/c24-20(11-10-18-8-4-3-5-9-18)22-16-12-19(13-17-22)21(25)23-14-6-1-2-7-15-23/h18-19H,1-17H2. The van der Waals surface area contributed by atoms with E-state index in [1.807, 2.05) is 4.90 Å². The zero-order valence-corrected chi connectivity index (χ0v) is 15.9. The van der Waals surface area contributed by atoms with Crippen LogP contribution in [-0.4, -0.2) is 47.8 Å². The van der Waals surface area contributed by atoms with Crippen LogP contribution in [-0.2, 0) is 9.59 Å². The number of hydrogen-bond acceptors (Lipinski definition) is 2. The van der Waals surface area contributed by atoms with Gasteiger partial charge in [-0.15, -0.1) is 0 Å². The predicted octanol–water partition coefficient (Wildman–Crippen LogP) is 3.99. The maximum Gasteiger partial charge on any atom is 0.225 e. The molecule has 142 valence electrons. The molecule has 4 heteroatoms. The number of nitrogens with zero attached hydrogens (tertiary/aromatic N) is 2. The second-order valence-electron chi connectivity index (χ2n) is 8.44. The summed E-state index contributed by atoms with van der Waals surface area (Å²) in [5, 5.41) is 0. The van der Waals surface area contributed by atoms with Gasteiger partial charge in [-0.1, -0.05) is 44.9 Å². The highest BCUT2D eigenvalue weighted by molar-refractivity contribution is 5.80. The summed E-state index contributed by atoms with van der Waals surface area (Å²) in [5.74, 6) is 1.61. The number of rotatable bonds is 4. The van der Waals surface area contributed by atoms with Crippen LogP contribution < -0.4 is 0 Å². The van der Waals surface area contributed by atoms with Gasteiger partial charge in [0.2, 0.25) is 11.8 Å². The van der Waals surface area contributed by atoms with E-state index in [0.29, 0.717) is 11.8 Å². The highest BCUT2D eigenvalue weighted by Crippen LogP contribution is 2.28. The predicted molar refractivity (Wildman–Crippen MR) is 100 cm³/mol. The summed E-state index contributed by atoms with van der Waals surface area (Å²) in [5.41, 5.74) is 0. The summed E-state index contributed by atoms with van der Waals surface area (Å²) < 4.78 is 0. The molecule has 2 saturated heterocycles. The third-order valence-electron chi connectivity index (χ3n) is 6.61. The van der Waals surface area contributed by atoms with Gasteiger partial charge in [0.1, 0.15) is 0 Å². The van der Waals surface area contributed by atoms with Crippen molar-refractivity contribution < 1.29 is 9.59 Å². The molecule has 3 rings (SSSR count). The Hall–Kier alpha value is -1.06. The Kier molecular flexibility index (Phi) is 7.18. The summed E-state index contributed by atoms with van der Waals surface area (Å²) in [7, 11) is 0. The molecule has 0 aromatic heterocycles. The number of amides is 2. The summed E-state index contributed by atoms with van der Waals surface area (Å²) in [6.07, 6.45) is 15.1. The molecule has 0 radical (unpaired) electrons. The lowest BCUT2D eigenvalue weighted by atomic mass is 9.86. The molecule has 1 aliphatic carbocycles. The van der Waals surface area contributed by atoms with E-state index in [9.17, 15) is 9.59 Å². The van der Waals surface area contributed by atoms with Crippen molar-refractivity contribution in [3.05, 3.63) is 0 Å². The van der Waals surface area contributed by atoms with E-state index in [1.54, 1.807) is 0 Å². The molecular formula is C21H36N2O2. The number of likely N-dealkylation sites (tertiary alicyclic amines) is 2. The lowest BCUT2D eigenvalue weighted by molar-refractivity contribution is -0.140. The van der Waals surface area contributed by atoms with Gasteiger partial charge in [-0.3, -0.25) is 9.59 Å². The molecule has 2 amide bonds. The molecule has 25 heavy (non-hydrogen) atoms. The van der Waals surface area contributed by atoms with Crippen LogP contribution in [0.5, 0.6) is 0 Å². The van der Waals surface area contributed by atoms with Gasteiger partial charge in [0.15, 0.2) is 0 Å². The average Bonchev–Trinajstić information content (AvgIpc) is 2.96. The number of carbonyl (C=O) groups excluding carboxylic acids is 2. The Morgan fingerprint density at radius 3 is 1.92 bits per heavy atom. The van der Waals surface area contributed by atoms with Crippen LogP contribution in [0.15, 0.2) is 0 Å². The van der Waals surface area contributed by atoms with Gasteiger partial charge in [0.05, 0.1) is 0 Å². The van der Waals surface area contributed by atoms with Crippen LogP contribution in [0, 0.1) is 11.8 Å². The van der Waals surface area contributed by atoms with E-state index < -0.39 is 0 Å². The normalized spacial score (nSPS) is 24.2. The minimum atomic E-state index is 0.153. The Balaban J connectivity index is 1.38. The van der Waals surface area contributed by atoms with Crippen molar-refractivity contribution in [3.63, 3.8) is 0 Å². The quantitative estimate of drug-likeness (QED) is 0.771. The molecular weight excluding hydrogens is 312 g/mol. The third kappa shape index (κ3) is 5.46. The van der Waals surface area contributed by atoms with Gasteiger partial charge >= 0.3 is 0 Å². The smallest absolute Gasteiger partial charge is 0.225 e. The lowest BCUT2D eigenvalue weighted by Crippen LogP contribution is -2.44. The van der Waals surface area contributed by atoms with Crippen LogP contribution in [0.1, 0.15) is 83.5 Å². The fraction of sp³-hybridized carbons (Fsp3) is 0.905. The molecule has 0 unspecified atom stereocenters. The topological polar surface area (TPSA) is 40.6 Å². The molecule has 0 N–H and O–H groups in total. The summed E-state index contributed by atoms with van der Waals surface area (Å²) in [4.78, 5) is 29.4. The zero-order chi connectivity index (χ0) is 17.5. The molecule has 2 aliphatic heterocycles. The minimum absolute atomic E-state index is 0.153. The van der Waals surface area contributed by atoms with E-state index >= 15 is 0 Å². The van der Waals surface area contributed by atoms with Crippen LogP contribution in [0.2, 0.25) is 0 Å². The van der Waals surface area contributed by atoms with Crippen LogP contribution in [0.3, 0.4) is 0 Å². The summed E-state index contributed by atoms with van der Waals surface area (Å²) in [6, 6.07) is 0. The molecule has 0 atom stereocenters. The molecule has 0 spiro atoms. The highest BCUT2D eigenvalue weighted by Gasteiger charge is 2.30. The van der Waals surface area contributed by atoms with Gasteiger partial charge in [-0.25, -0.2) is 0 Å². The fourth-order valence-corrected chi connectivity index (χ4v) is 4.89. The van der Waals surface area contributed by atoms with Crippen molar-refractivity contribution in [1.82, 2.24) is 9.80 Å². The first-order valence-electron chi connectivity index (χ1n) is 10.8. The highest BCUT2D eigenvalue weighted by atomic mass is 16.2. The summed E-state index contributed by atoms with van der Waals surface area (Å²) >= 11 is 0. The third-order valence-corrected chi connectivity index (χ3v) is 6.61. The minimum Gasteiger partial charge on any atom is -0.343 e. The van der Waals surface area contributed by atoms with Gasteiger partial charge in [-0.05, 0) is 38.0 Å². The van der Waals surface area contributed by atoms with Crippen molar-refractivity contribution in [2.24, 2.45) is 11.8 Å². The van der Waals surface area contributed by atoms with Gasteiger partial charge < -0.3 is 9.80 Å². The molecule has 3 fully saturated rings. The molecule has 0 aromatic rings. The van der Waals surface area contributed by atoms with E-state index in [2.05, 4.69) is 4.90 Å². The van der Waals surface area contributed by atoms with Crippen molar-refractivity contribution in [3.8, 4) is 0 Å². The first-order valence-corrected chi connectivity index (χ1v) is 10.8. The van der Waals surface area contributed by atoms with Crippen molar-refractivity contribution in [2.75, 3.05) is 26.2 Å². The van der Waals surface area contributed by atoms with E-state index in [-0.39, 0.29) is 5.92 Å². The van der Waals surface area contributed by atoms with E-state index in [0.717, 1.165) is 70.6 Å². The van der Waals surface area contributed by atoms with E-state index in [1.165, 1.54) is 44.9 Å². The second kappa shape index (κ2) is 9.59. The maximum atomic E-state index is 12.7. The van der Waals surface area contributed by atoms with Crippen LogP contribution in [0.4, 0.5) is 0 Å². The van der Waals surface area contributed by atoms with Gasteiger partial charge in [0, 0.05) is 38.5 Å². The Bertz CT molecular complexity index is 429. The Morgan fingerprint density at radius 2 is 1.28 bits per heavy atom. The Morgan fingerprint density at radius 1 is 0.680 bits per heavy atom.